The molecule has 0 aliphatic rings. The number of phenols is 1. The molecule has 0 saturated carbocycles. The SMILES string of the molecule is C=CC[C@H](N)c1c(Br)ccc(C(=O)O)c1O.Cl. The average molecular weight is 323 g/mol. The van der Waals surface area contributed by atoms with Gasteiger partial charge >= 0.3 is 5.97 Å². The molecule has 0 radical (unpaired) electrons. The molecular weight excluding hydrogens is 309 g/mol. The Hall–Kier alpha value is -1.04. The van der Waals surface area contributed by atoms with Crippen LogP contribution in [0, 0.1) is 0 Å². The van der Waals surface area contributed by atoms with Crippen molar-refractivity contribution in [3.63, 3.8) is 0 Å². The number of aromatic hydroxyl groups is 1. The van der Waals surface area contributed by atoms with E-state index in [1.165, 1.54) is 6.07 Å². The Balaban J connectivity index is 0.00000256. The summed E-state index contributed by atoms with van der Waals surface area (Å²) in [5.74, 6) is -1.48. The normalized spacial score (nSPS) is 11.4. The molecular formula is C11H13BrClNO3. The average Bonchev–Trinajstić information content (AvgIpc) is 2.17. The van der Waals surface area contributed by atoms with Crippen molar-refractivity contribution >= 4 is 34.3 Å². The van der Waals surface area contributed by atoms with Crippen molar-refractivity contribution in [1.29, 1.82) is 0 Å². The van der Waals surface area contributed by atoms with E-state index in [9.17, 15) is 9.90 Å². The maximum atomic E-state index is 10.8. The Morgan fingerprint density at radius 1 is 1.59 bits per heavy atom. The van der Waals surface area contributed by atoms with Crippen molar-refractivity contribution in [3.8, 4) is 5.75 Å². The van der Waals surface area contributed by atoms with Crippen LogP contribution in [0.2, 0.25) is 0 Å². The van der Waals surface area contributed by atoms with Crippen LogP contribution in [0.25, 0.3) is 0 Å². The zero-order chi connectivity index (χ0) is 12.3. The first kappa shape index (κ1) is 16.0. The van der Waals surface area contributed by atoms with Gasteiger partial charge in [0.25, 0.3) is 0 Å². The van der Waals surface area contributed by atoms with Gasteiger partial charge in [-0.25, -0.2) is 4.79 Å². The third kappa shape index (κ3) is 3.46. The van der Waals surface area contributed by atoms with E-state index in [1.807, 2.05) is 0 Å². The van der Waals surface area contributed by atoms with E-state index in [0.29, 0.717) is 16.5 Å². The van der Waals surface area contributed by atoms with Crippen LogP contribution in [0.4, 0.5) is 0 Å². The fraction of sp³-hybridized carbons (Fsp3) is 0.182. The molecule has 17 heavy (non-hydrogen) atoms. The van der Waals surface area contributed by atoms with Gasteiger partial charge in [-0.2, -0.15) is 0 Å². The maximum Gasteiger partial charge on any atom is 0.339 e. The Kier molecular flexibility index (Phi) is 6.23. The number of aromatic carboxylic acids is 1. The molecule has 0 aromatic heterocycles. The first-order chi connectivity index (χ1) is 7.49. The van der Waals surface area contributed by atoms with Crippen LogP contribution < -0.4 is 5.73 Å². The zero-order valence-corrected chi connectivity index (χ0v) is 11.3. The Labute approximate surface area is 114 Å². The van der Waals surface area contributed by atoms with Crippen LogP contribution in [-0.2, 0) is 0 Å². The highest BCUT2D eigenvalue weighted by Crippen LogP contribution is 2.35. The second kappa shape index (κ2) is 6.64. The number of carbonyl (C=O) groups is 1. The highest BCUT2D eigenvalue weighted by atomic mass is 79.9. The molecule has 0 unspecified atom stereocenters. The molecule has 4 nitrogen and oxygen atoms in total. The quantitative estimate of drug-likeness (QED) is 0.744. The van der Waals surface area contributed by atoms with Crippen molar-refractivity contribution in [3.05, 3.63) is 40.4 Å². The number of carboxylic acid groups (broad SMARTS) is 1. The minimum absolute atomic E-state index is 0. The van der Waals surface area contributed by atoms with Crippen LogP contribution in [0.5, 0.6) is 5.75 Å². The third-order valence-corrected chi connectivity index (χ3v) is 2.88. The summed E-state index contributed by atoms with van der Waals surface area (Å²) in [5, 5.41) is 18.7. The molecule has 1 rings (SSSR count). The molecule has 1 aromatic carbocycles. The van der Waals surface area contributed by atoms with E-state index in [2.05, 4.69) is 22.5 Å². The summed E-state index contributed by atoms with van der Waals surface area (Å²) in [6.45, 7) is 3.55. The van der Waals surface area contributed by atoms with Crippen LogP contribution in [0.15, 0.2) is 29.3 Å². The van der Waals surface area contributed by atoms with E-state index in [0.717, 1.165) is 0 Å². The molecule has 0 spiro atoms. The topological polar surface area (TPSA) is 83.6 Å². The van der Waals surface area contributed by atoms with Crippen LogP contribution >= 0.6 is 28.3 Å². The van der Waals surface area contributed by atoms with Gasteiger partial charge in [0.2, 0.25) is 0 Å². The van der Waals surface area contributed by atoms with Gasteiger partial charge in [-0.15, -0.1) is 19.0 Å². The molecule has 0 heterocycles. The number of nitrogens with two attached hydrogens (primary N) is 1. The van der Waals surface area contributed by atoms with Crippen molar-refractivity contribution in [1.82, 2.24) is 0 Å². The molecule has 0 fully saturated rings. The molecule has 4 N–H and O–H groups in total. The minimum atomic E-state index is -1.18. The molecule has 6 heteroatoms. The van der Waals surface area contributed by atoms with Crippen molar-refractivity contribution in [2.24, 2.45) is 5.73 Å². The number of carboxylic acids is 1. The molecule has 0 aliphatic heterocycles. The first-order valence-electron chi connectivity index (χ1n) is 4.60. The summed E-state index contributed by atoms with van der Waals surface area (Å²) in [5.41, 5.74) is 6.06. The third-order valence-electron chi connectivity index (χ3n) is 2.19. The summed E-state index contributed by atoms with van der Waals surface area (Å²) in [4.78, 5) is 10.8. The minimum Gasteiger partial charge on any atom is -0.507 e. The number of hydrogen-bond donors (Lipinski definition) is 3. The predicted molar refractivity (Wildman–Crippen MR) is 71.8 cm³/mol. The molecule has 1 aromatic rings. The molecule has 0 bridgehead atoms. The lowest BCUT2D eigenvalue weighted by molar-refractivity contribution is 0.0693. The summed E-state index contributed by atoms with van der Waals surface area (Å²) < 4.78 is 0.587. The molecule has 0 amide bonds. The van der Waals surface area contributed by atoms with Gasteiger partial charge in [0.15, 0.2) is 0 Å². The molecule has 0 saturated heterocycles. The monoisotopic (exact) mass is 321 g/mol. The van der Waals surface area contributed by atoms with Crippen molar-refractivity contribution in [2.75, 3.05) is 0 Å². The van der Waals surface area contributed by atoms with Gasteiger partial charge in [-0.1, -0.05) is 22.0 Å². The van der Waals surface area contributed by atoms with Gasteiger partial charge < -0.3 is 15.9 Å². The lowest BCUT2D eigenvalue weighted by Gasteiger charge is -2.15. The fourth-order valence-electron chi connectivity index (χ4n) is 1.41. The van der Waals surface area contributed by atoms with E-state index in [1.54, 1.807) is 12.1 Å². The number of benzene rings is 1. The predicted octanol–water partition coefficient (Wildman–Crippen LogP) is 2.85. The summed E-state index contributed by atoms with van der Waals surface area (Å²) in [6, 6.07) is 2.40. The highest BCUT2D eigenvalue weighted by molar-refractivity contribution is 9.10. The largest absolute Gasteiger partial charge is 0.507 e. The van der Waals surface area contributed by atoms with Crippen LogP contribution in [0.1, 0.15) is 28.4 Å². The van der Waals surface area contributed by atoms with Gasteiger partial charge in [0.05, 0.1) is 0 Å². The highest BCUT2D eigenvalue weighted by Gasteiger charge is 2.19. The lowest BCUT2D eigenvalue weighted by Crippen LogP contribution is -2.12. The Morgan fingerprint density at radius 3 is 2.65 bits per heavy atom. The molecule has 0 aliphatic carbocycles. The number of halogens is 2. The van der Waals surface area contributed by atoms with Crippen molar-refractivity contribution < 1.29 is 15.0 Å². The van der Waals surface area contributed by atoms with Crippen LogP contribution in [-0.4, -0.2) is 16.2 Å². The number of rotatable bonds is 4. The lowest BCUT2D eigenvalue weighted by atomic mass is 10.0. The van der Waals surface area contributed by atoms with Gasteiger partial charge in [-0.05, 0) is 18.6 Å². The van der Waals surface area contributed by atoms with Crippen LogP contribution in [0.3, 0.4) is 0 Å². The van der Waals surface area contributed by atoms with Crippen molar-refractivity contribution in [2.45, 2.75) is 12.5 Å². The van der Waals surface area contributed by atoms with E-state index in [-0.39, 0.29) is 23.7 Å². The summed E-state index contributed by atoms with van der Waals surface area (Å²) in [6.07, 6.45) is 2.07. The Morgan fingerprint density at radius 2 is 2.18 bits per heavy atom. The van der Waals surface area contributed by atoms with E-state index >= 15 is 0 Å². The second-order valence-corrected chi connectivity index (χ2v) is 4.15. The number of hydrogen-bond acceptors (Lipinski definition) is 3. The second-order valence-electron chi connectivity index (χ2n) is 3.29. The van der Waals surface area contributed by atoms with E-state index in [4.69, 9.17) is 10.8 Å². The van der Waals surface area contributed by atoms with Gasteiger partial charge in [0, 0.05) is 16.1 Å². The smallest absolute Gasteiger partial charge is 0.339 e. The first-order valence-corrected chi connectivity index (χ1v) is 5.39. The summed E-state index contributed by atoms with van der Waals surface area (Å²) >= 11 is 3.23. The van der Waals surface area contributed by atoms with E-state index < -0.39 is 12.0 Å². The fourth-order valence-corrected chi connectivity index (χ4v) is 2.02. The van der Waals surface area contributed by atoms with Gasteiger partial charge in [-0.3, -0.25) is 0 Å². The maximum absolute atomic E-state index is 10.8. The zero-order valence-electron chi connectivity index (χ0n) is 8.89. The molecule has 1 atom stereocenters. The summed E-state index contributed by atoms with van der Waals surface area (Å²) in [7, 11) is 0. The van der Waals surface area contributed by atoms with Gasteiger partial charge in [0.1, 0.15) is 11.3 Å². The Bertz CT molecular complexity index is 437. The standard InChI is InChI=1S/C11H12BrNO3.ClH/c1-2-3-8(13)9-7(12)5-4-6(10(9)14)11(15)16;/h2,4-5,8,14H,1,3,13H2,(H,15,16);1H/t8-;/m0./s1. The molecule has 94 valence electrons.